The third kappa shape index (κ3) is 3.98. The number of rotatable bonds is 5. The van der Waals surface area contributed by atoms with Gasteiger partial charge in [-0.15, -0.1) is 0 Å². The highest BCUT2D eigenvalue weighted by atomic mass is 16.5. The van der Waals surface area contributed by atoms with Crippen LogP contribution in [0.1, 0.15) is 43.2 Å². The summed E-state index contributed by atoms with van der Waals surface area (Å²) in [5.74, 6) is -1.01. The van der Waals surface area contributed by atoms with Crippen molar-refractivity contribution in [1.82, 2.24) is 5.32 Å². The molecular weight excluding hydrogens is 370 g/mol. The minimum Gasteiger partial charge on any atom is -0.481 e. The fourth-order valence-corrected chi connectivity index (χ4v) is 4.36. The molecule has 4 rings (SSSR count). The van der Waals surface area contributed by atoms with Crippen molar-refractivity contribution in [3.63, 3.8) is 0 Å². The van der Waals surface area contributed by atoms with Gasteiger partial charge in [0, 0.05) is 5.92 Å². The molecule has 1 aliphatic carbocycles. The van der Waals surface area contributed by atoms with Gasteiger partial charge in [0.15, 0.2) is 0 Å². The van der Waals surface area contributed by atoms with E-state index in [1.54, 1.807) is 0 Å². The highest BCUT2D eigenvalue weighted by Gasteiger charge is 2.39. The van der Waals surface area contributed by atoms with E-state index in [0.29, 0.717) is 12.8 Å². The molecule has 0 saturated carbocycles. The van der Waals surface area contributed by atoms with Crippen LogP contribution in [0.2, 0.25) is 0 Å². The average molecular weight is 395 g/mol. The molecule has 2 atom stereocenters. The molecule has 1 amide bonds. The second-order valence-electron chi connectivity index (χ2n) is 7.96. The van der Waals surface area contributed by atoms with Crippen LogP contribution in [0.4, 0.5) is 4.79 Å². The first-order valence-electron chi connectivity index (χ1n) is 9.94. The van der Waals surface area contributed by atoms with Crippen molar-refractivity contribution in [2.24, 2.45) is 0 Å². The molecule has 2 aromatic carbocycles. The Labute approximate surface area is 169 Å². The third-order valence-corrected chi connectivity index (χ3v) is 5.87. The normalized spacial score (nSPS) is 23.1. The molecule has 1 saturated heterocycles. The van der Waals surface area contributed by atoms with Gasteiger partial charge in [0.1, 0.15) is 6.61 Å². The summed E-state index contributed by atoms with van der Waals surface area (Å²) >= 11 is 0. The van der Waals surface area contributed by atoms with E-state index in [2.05, 4.69) is 29.6 Å². The van der Waals surface area contributed by atoms with Gasteiger partial charge >= 0.3 is 12.1 Å². The Hall–Kier alpha value is -2.86. The second kappa shape index (κ2) is 7.87. The zero-order valence-electron chi connectivity index (χ0n) is 16.4. The molecule has 1 fully saturated rings. The van der Waals surface area contributed by atoms with E-state index in [1.165, 1.54) is 0 Å². The molecule has 0 spiro atoms. The van der Waals surface area contributed by atoms with Gasteiger partial charge in [0.25, 0.3) is 0 Å². The van der Waals surface area contributed by atoms with Crippen LogP contribution in [0.3, 0.4) is 0 Å². The largest absolute Gasteiger partial charge is 0.481 e. The van der Waals surface area contributed by atoms with Crippen LogP contribution < -0.4 is 5.32 Å². The second-order valence-corrected chi connectivity index (χ2v) is 7.96. The van der Waals surface area contributed by atoms with Crippen molar-refractivity contribution >= 4 is 12.1 Å². The average Bonchev–Trinajstić information content (AvgIpc) is 3.02. The maximum absolute atomic E-state index is 12.6. The predicted molar refractivity (Wildman–Crippen MR) is 108 cm³/mol. The maximum Gasteiger partial charge on any atom is 0.407 e. The summed E-state index contributed by atoms with van der Waals surface area (Å²) in [7, 11) is 0. The number of carboxylic acids is 1. The lowest BCUT2D eigenvalue weighted by molar-refractivity contribution is -0.141. The smallest absolute Gasteiger partial charge is 0.407 e. The first-order valence-corrected chi connectivity index (χ1v) is 9.94. The summed E-state index contributed by atoms with van der Waals surface area (Å²) in [4.78, 5) is 23.9. The van der Waals surface area contributed by atoms with Crippen LogP contribution >= 0.6 is 0 Å². The van der Waals surface area contributed by atoms with Crippen LogP contribution in [0.15, 0.2) is 48.5 Å². The minimum atomic E-state index is -0.970. The van der Waals surface area contributed by atoms with Crippen LogP contribution in [-0.2, 0) is 14.3 Å². The van der Waals surface area contributed by atoms with E-state index >= 15 is 0 Å². The molecule has 2 aliphatic rings. The van der Waals surface area contributed by atoms with Gasteiger partial charge in [-0.1, -0.05) is 48.5 Å². The Morgan fingerprint density at radius 1 is 1.14 bits per heavy atom. The van der Waals surface area contributed by atoms with E-state index in [-0.39, 0.29) is 31.7 Å². The zero-order valence-corrected chi connectivity index (χ0v) is 16.4. The molecule has 0 bridgehead atoms. The van der Waals surface area contributed by atoms with Crippen LogP contribution in [-0.4, -0.2) is 42.0 Å². The Kier molecular flexibility index (Phi) is 5.28. The van der Waals surface area contributed by atoms with Gasteiger partial charge in [0.05, 0.1) is 24.7 Å². The Morgan fingerprint density at radius 3 is 2.31 bits per heavy atom. The van der Waals surface area contributed by atoms with E-state index < -0.39 is 17.6 Å². The number of ether oxygens (including phenoxy) is 2. The monoisotopic (exact) mass is 395 g/mol. The van der Waals surface area contributed by atoms with Gasteiger partial charge in [-0.3, -0.25) is 4.79 Å². The first kappa shape index (κ1) is 19.5. The lowest BCUT2D eigenvalue weighted by atomic mass is 9.87. The van der Waals surface area contributed by atoms with Crippen LogP contribution in [0, 0.1) is 0 Å². The van der Waals surface area contributed by atoms with E-state index in [1.807, 2.05) is 31.2 Å². The lowest BCUT2D eigenvalue weighted by Gasteiger charge is -2.38. The van der Waals surface area contributed by atoms with Crippen molar-refractivity contribution in [3.8, 4) is 11.1 Å². The predicted octanol–water partition coefficient (Wildman–Crippen LogP) is 3.94. The summed E-state index contributed by atoms with van der Waals surface area (Å²) in [6.45, 7) is 2.31. The minimum absolute atomic E-state index is 0.0359. The number of amides is 1. The van der Waals surface area contributed by atoms with E-state index in [4.69, 9.17) is 9.47 Å². The SMILES string of the molecule is CC1CCC(CC(=O)O)(NC(=O)OCC2c3ccccc3-c3ccccc32)CO1. The zero-order chi connectivity index (χ0) is 20.4. The molecule has 1 heterocycles. The number of fused-ring (bicyclic) bond motifs is 3. The van der Waals surface area contributed by atoms with E-state index in [0.717, 1.165) is 22.3 Å². The number of hydrogen-bond donors (Lipinski definition) is 2. The fourth-order valence-electron chi connectivity index (χ4n) is 4.36. The number of aliphatic carboxylic acids is 1. The topological polar surface area (TPSA) is 84.9 Å². The molecule has 2 N–H and O–H groups in total. The van der Waals surface area contributed by atoms with Crippen LogP contribution in [0.5, 0.6) is 0 Å². The van der Waals surface area contributed by atoms with Crippen LogP contribution in [0.25, 0.3) is 11.1 Å². The Morgan fingerprint density at radius 2 is 1.76 bits per heavy atom. The lowest BCUT2D eigenvalue weighted by Crippen LogP contribution is -2.56. The third-order valence-electron chi connectivity index (χ3n) is 5.87. The highest BCUT2D eigenvalue weighted by Crippen LogP contribution is 2.44. The Balaban J connectivity index is 1.46. The van der Waals surface area contributed by atoms with Gasteiger partial charge in [-0.05, 0) is 42.0 Å². The quantitative estimate of drug-likeness (QED) is 0.801. The van der Waals surface area contributed by atoms with Crippen molar-refractivity contribution in [2.45, 2.75) is 43.7 Å². The molecule has 29 heavy (non-hydrogen) atoms. The molecule has 2 unspecified atom stereocenters. The molecule has 0 aromatic heterocycles. The number of hydrogen-bond acceptors (Lipinski definition) is 4. The first-order chi connectivity index (χ1) is 14.0. The van der Waals surface area contributed by atoms with Gasteiger partial charge in [-0.25, -0.2) is 4.79 Å². The van der Waals surface area contributed by atoms with E-state index in [9.17, 15) is 14.7 Å². The van der Waals surface area contributed by atoms with Crippen molar-refractivity contribution < 1.29 is 24.2 Å². The van der Waals surface area contributed by atoms with Gasteiger partial charge in [-0.2, -0.15) is 0 Å². The van der Waals surface area contributed by atoms with Gasteiger partial charge < -0.3 is 19.9 Å². The summed E-state index contributed by atoms with van der Waals surface area (Å²) < 4.78 is 11.2. The summed E-state index contributed by atoms with van der Waals surface area (Å²) in [6.07, 6.45) is 0.499. The Bertz CT molecular complexity index is 871. The number of carbonyl (C=O) groups excluding carboxylic acids is 1. The summed E-state index contributed by atoms with van der Waals surface area (Å²) in [6, 6.07) is 16.3. The number of carbonyl (C=O) groups is 2. The molecular formula is C23H25NO5. The molecule has 1 aliphatic heterocycles. The number of benzene rings is 2. The summed E-state index contributed by atoms with van der Waals surface area (Å²) in [5.41, 5.74) is 3.66. The number of nitrogens with one attached hydrogen (secondary N) is 1. The van der Waals surface area contributed by atoms with Crippen molar-refractivity contribution in [3.05, 3.63) is 59.7 Å². The van der Waals surface area contributed by atoms with Gasteiger partial charge in [0.2, 0.25) is 0 Å². The number of carboxylic acid groups (broad SMARTS) is 1. The van der Waals surface area contributed by atoms with Crippen molar-refractivity contribution in [1.29, 1.82) is 0 Å². The molecule has 6 heteroatoms. The highest BCUT2D eigenvalue weighted by molar-refractivity contribution is 5.79. The number of alkyl carbamates (subject to hydrolysis) is 1. The van der Waals surface area contributed by atoms with Crippen molar-refractivity contribution in [2.75, 3.05) is 13.2 Å². The summed E-state index contributed by atoms with van der Waals surface area (Å²) in [5, 5.41) is 12.1. The molecule has 0 radical (unpaired) electrons. The molecule has 6 nitrogen and oxygen atoms in total. The standard InChI is InChI=1S/C23H25NO5/c1-15-10-11-23(14-29-15,12-21(25)26)24-22(27)28-13-20-18-8-4-2-6-16(18)17-7-3-5-9-19(17)20/h2-9,15,20H,10-14H2,1H3,(H,24,27)(H,25,26). The maximum atomic E-state index is 12.6. The fraction of sp³-hybridized carbons (Fsp3) is 0.391. The molecule has 152 valence electrons. The molecule has 2 aromatic rings.